The first kappa shape index (κ1) is 10.5. The van der Waals surface area contributed by atoms with Gasteiger partial charge >= 0.3 is 6.09 Å². The van der Waals surface area contributed by atoms with Crippen molar-refractivity contribution >= 4 is 6.09 Å². The molecule has 0 saturated carbocycles. The summed E-state index contributed by atoms with van der Waals surface area (Å²) in [4.78, 5) is 10.3. The number of benzene rings is 1. The summed E-state index contributed by atoms with van der Waals surface area (Å²) in [6, 6.07) is 4.55. The van der Waals surface area contributed by atoms with E-state index in [1.165, 1.54) is 24.3 Å². The van der Waals surface area contributed by atoms with E-state index in [-0.39, 0.29) is 6.61 Å². The molecule has 0 aromatic heterocycles. The van der Waals surface area contributed by atoms with E-state index in [4.69, 9.17) is 10.2 Å². The highest BCUT2D eigenvalue weighted by Gasteiger charge is 2.12. The molecule has 3 N–H and O–H groups in total. The SMILES string of the molecule is O=C(O)N[C@@H](CO)c1ccc(F)cc1. The maximum absolute atomic E-state index is 12.5. The molecule has 0 saturated heterocycles. The Balaban J connectivity index is 2.78. The van der Waals surface area contributed by atoms with Gasteiger partial charge in [-0.15, -0.1) is 0 Å². The molecule has 0 aliphatic rings. The fraction of sp³-hybridized carbons (Fsp3) is 0.222. The lowest BCUT2D eigenvalue weighted by Crippen LogP contribution is -2.29. The van der Waals surface area contributed by atoms with Crippen LogP contribution in [0.1, 0.15) is 11.6 Å². The lowest BCUT2D eigenvalue weighted by Gasteiger charge is -2.13. The van der Waals surface area contributed by atoms with Crippen molar-refractivity contribution in [1.29, 1.82) is 0 Å². The smallest absolute Gasteiger partial charge is 0.405 e. The summed E-state index contributed by atoms with van der Waals surface area (Å²) in [5.41, 5.74) is 0.524. The number of rotatable bonds is 3. The number of hydrogen-bond acceptors (Lipinski definition) is 2. The summed E-state index contributed by atoms with van der Waals surface area (Å²) in [5.74, 6) is -0.402. The first-order valence-corrected chi connectivity index (χ1v) is 3.99. The molecular weight excluding hydrogens is 189 g/mol. The third-order valence-corrected chi connectivity index (χ3v) is 1.75. The molecular formula is C9H10FNO3. The Labute approximate surface area is 80.0 Å². The second-order valence-electron chi connectivity index (χ2n) is 2.74. The van der Waals surface area contributed by atoms with Gasteiger partial charge in [0.1, 0.15) is 5.82 Å². The summed E-state index contributed by atoms with van der Waals surface area (Å²) >= 11 is 0. The van der Waals surface area contributed by atoms with Crippen molar-refractivity contribution in [2.24, 2.45) is 0 Å². The molecule has 1 aromatic carbocycles. The van der Waals surface area contributed by atoms with Crippen LogP contribution in [0.25, 0.3) is 0 Å². The van der Waals surface area contributed by atoms with Crippen LogP contribution in [0, 0.1) is 5.82 Å². The number of carboxylic acid groups (broad SMARTS) is 1. The molecule has 0 spiro atoms. The lowest BCUT2D eigenvalue weighted by molar-refractivity contribution is 0.177. The molecule has 1 aromatic rings. The number of hydrogen-bond donors (Lipinski definition) is 3. The van der Waals surface area contributed by atoms with Crippen LogP contribution in [0.2, 0.25) is 0 Å². The number of amides is 1. The lowest BCUT2D eigenvalue weighted by atomic mass is 10.1. The molecule has 0 aliphatic carbocycles. The van der Waals surface area contributed by atoms with Crippen molar-refractivity contribution in [3.05, 3.63) is 35.6 Å². The Morgan fingerprint density at radius 2 is 2.00 bits per heavy atom. The second-order valence-corrected chi connectivity index (χ2v) is 2.74. The highest BCUT2D eigenvalue weighted by Crippen LogP contribution is 2.12. The maximum Gasteiger partial charge on any atom is 0.405 e. The van der Waals surface area contributed by atoms with E-state index in [1.54, 1.807) is 0 Å². The number of halogens is 1. The molecule has 1 amide bonds. The van der Waals surface area contributed by atoms with Crippen molar-refractivity contribution in [2.45, 2.75) is 6.04 Å². The van der Waals surface area contributed by atoms with Gasteiger partial charge in [-0.1, -0.05) is 12.1 Å². The zero-order valence-electron chi connectivity index (χ0n) is 7.27. The molecule has 0 bridgehead atoms. The monoisotopic (exact) mass is 199 g/mol. The van der Waals surface area contributed by atoms with Crippen LogP contribution in [0.4, 0.5) is 9.18 Å². The molecule has 5 heteroatoms. The minimum atomic E-state index is -1.23. The zero-order valence-corrected chi connectivity index (χ0v) is 7.27. The third-order valence-electron chi connectivity index (χ3n) is 1.75. The van der Waals surface area contributed by atoms with Crippen LogP contribution in [-0.4, -0.2) is 22.9 Å². The Bertz CT molecular complexity index is 312. The largest absolute Gasteiger partial charge is 0.465 e. The number of nitrogens with one attached hydrogen (secondary N) is 1. The Hall–Kier alpha value is -1.62. The predicted molar refractivity (Wildman–Crippen MR) is 47.4 cm³/mol. The number of aliphatic hydroxyl groups is 1. The van der Waals surface area contributed by atoms with Crippen LogP contribution >= 0.6 is 0 Å². The van der Waals surface area contributed by atoms with Crippen molar-refractivity contribution in [3.8, 4) is 0 Å². The first-order chi connectivity index (χ1) is 6.63. The molecule has 14 heavy (non-hydrogen) atoms. The minimum Gasteiger partial charge on any atom is -0.465 e. The van der Waals surface area contributed by atoms with Crippen LogP contribution in [0.3, 0.4) is 0 Å². The van der Waals surface area contributed by atoms with Gasteiger partial charge < -0.3 is 15.5 Å². The van der Waals surface area contributed by atoms with Crippen LogP contribution in [0.15, 0.2) is 24.3 Å². The molecule has 76 valence electrons. The van der Waals surface area contributed by atoms with Gasteiger partial charge in [-0.3, -0.25) is 0 Å². The molecule has 0 aliphatic heterocycles. The van der Waals surface area contributed by atoms with Crippen molar-refractivity contribution < 1.29 is 19.4 Å². The molecule has 4 nitrogen and oxygen atoms in total. The molecule has 1 atom stereocenters. The van der Waals surface area contributed by atoms with Gasteiger partial charge in [-0.2, -0.15) is 0 Å². The minimum absolute atomic E-state index is 0.363. The second kappa shape index (κ2) is 4.57. The number of carbonyl (C=O) groups is 1. The van der Waals surface area contributed by atoms with E-state index >= 15 is 0 Å². The third kappa shape index (κ3) is 2.70. The van der Waals surface area contributed by atoms with Gasteiger partial charge in [-0.05, 0) is 17.7 Å². The zero-order chi connectivity index (χ0) is 10.6. The summed E-state index contributed by atoms with van der Waals surface area (Å²) in [5, 5.41) is 19.4. The average Bonchev–Trinajstić information content (AvgIpc) is 2.15. The van der Waals surface area contributed by atoms with Crippen molar-refractivity contribution in [2.75, 3.05) is 6.61 Å². The highest BCUT2D eigenvalue weighted by molar-refractivity contribution is 5.65. The van der Waals surface area contributed by atoms with E-state index in [0.29, 0.717) is 5.56 Å². The maximum atomic E-state index is 12.5. The highest BCUT2D eigenvalue weighted by atomic mass is 19.1. The summed E-state index contributed by atoms with van der Waals surface area (Å²) in [7, 11) is 0. The Morgan fingerprint density at radius 1 is 1.43 bits per heavy atom. The summed E-state index contributed by atoms with van der Waals surface area (Å²) in [6.45, 7) is -0.363. The van der Waals surface area contributed by atoms with Crippen molar-refractivity contribution in [1.82, 2.24) is 5.32 Å². The van der Waals surface area contributed by atoms with E-state index in [2.05, 4.69) is 5.32 Å². The average molecular weight is 199 g/mol. The molecule has 0 fully saturated rings. The van der Waals surface area contributed by atoms with Gasteiger partial charge in [-0.25, -0.2) is 9.18 Å². The molecule has 0 radical (unpaired) electrons. The van der Waals surface area contributed by atoms with E-state index in [1.807, 2.05) is 0 Å². The summed E-state index contributed by atoms with van der Waals surface area (Å²) in [6.07, 6.45) is -1.23. The molecule has 0 heterocycles. The summed E-state index contributed by atoms with van der Waals surface area (Å²) < 4.78 is 12.5. The van der Waals surface area contributed by atoms with Gasteiger partial charge in [0, 0.05) is 0 Å². The van der Waals surface area contributed by atoms with Crippen LogP contribution in [0.5, 0.6) is 0 Å². The molecule has 1 rings (SSSR count). The van der Waals surface area contributed by atoms with E-state index in [9.17, 15) is 9.18 Å². The Morgan fingerprint density at radius 3 is 2.43 bits per heavy atom. The fourth-order valence-electron chi connectivity index (χ4n) is 1.08. The van der Waals surface area contributed by atoms with Crippen LogP contribution in [-0.2, 0) is 0 Å². The van der Waals surface area contributed by atoms with E-state index < -0.39 is 18.0 Å². The topological polar surface area (TPSA) is 69.6 Å². The Kier molecular flexibility index (Phi) is 3.41. The quantitative estimate of drug-likeness (QED) is 0.683. The van der Waals surface area contributed by atoms with Crippen LogP contribution < -0.4 is 5.32 Å². The van der Waals surface area contributed by atoms with Gasteiger partial charge in [0.25, 0.3) is 0 Å². The normalized spacial score (nSPS) is 12.1. The van der Waals surface area contributed by atoms with E-state index in [0.717, 1.165) is 0 Å². The van der Waals surface area contributed by atoms with Gasteiger partial charge in [0.2, 0.25) is 0 Å². The van der Waals surface area contributed by atoms with Gasteiger partial charge in [0.15, 0.2) is 0 Å². The standard InChI is InChI=1S/C9H10FNO3/c10-7-3-1-6(2-4-7)8(5-12)11-9(13)14/h1-4,8,11-12H,5H2,(H,13,14)/t8-/m0/s1. The first-order valence-electron chi connectivity index (χ1n) is 3.99. The fourth-order valence-corrected chi connectivity index (χ4v) is 1.08. The predicted octanol–water partition coefficient (Wildman–Crippen LogP) is 1.13. The van der Waals surface area contributed by atoms with Crippen molar-refractivity contribution in [3.63, 3.8) is 0 Å². The number of aliphatic hydroxyl groups excluding tert-OH is 1. The van der Waals surface area contributed by atoms with Gasteiger partial charge in [0.05, 0.1) is 12.6 Å². The molecule has 0 unspecified atom stereocenters.